The van der Waals surface area contributed by atoms with Crippen molar-refractivity contribution in [3.05, 3.63) is 59.7 Å². The molecule has 0 saturated carbocycles. The third-order valence-electron chi connectivity index (χ3n) is 3.61. The first kappa shape index (κ1) is 22.6. The van der Waals surface area contributed by atoms with E-state index >= 15 is 0 Å². The summed E-state index contributed by atoms with van der Waals surface area (Å²) >= 11 is 0. The minimum absolute atomic E-state index is 0.417. The molecule has 2 aromatic rings. The van der Waals surface area contributed by atoms with E-state index in [-0.39, 0.29) is 0 Å². The van der Waals surface area contributed by atoms with E-state index in [2.05, 4.69) is 8.37 Å². The number of hydrogen-bond acceptors (Lipinski definition) is 8. The molecule has 0 bridgehead atoms. The van der Waals surface area contributed by atoms with E-state index in [0.29, 0.717) is 0 Å². The van der Waals surface area contributed by atoms with Crippen LogP contribution in [0, 0.1) is 13.8 Å². The third kappa shape index (κ3) is 5.02. The fraction of sp³-hybridized carbons (Fsp3) is 0.250. The molecule has 4 radical (unpaired) electrons. The van der Waals surface area contributed by atoms with Crippen molar-refractivity contribution in [3.63, 3.8) is 0 Å². The molecule has 2 N–H and O–H groups in total. The Balaban J connectivity index is 2.29. The van der Waals surface area contributed by atoms with Crippen LogP contribution in [-0.2, 0) is 28.6 Å². The van der Waals surface area contributed by atoms with Crippen LogP contribution in [-0.4, -0.2) is 54.1 Å². The highest BCUT2D eigenvalue weighted by Gasteiger charge is 2.49. The van der Waals surface area contributed by atoms with Gasteiger partial charge in [0.1, 0.15) is 0 Å². The summed E-state index contributed by atoms with van der Waals surface area (Å²) in [4.78, 5) is -0.835. The molecule has 2 atom stereocenters. The summed E-state index contributed by atoms with van der Waals surface area (Å²) in [6.07, 6.45) is 0. The molecule has 12 heteroatoms. The van der Waals surface area contributed by atoms with Crippen LogP contribution in [0.3, 0.4) is 0 Å². The van der Waals surface area contributed by atoms with Gasteiger partial charge in [0.25, 0.3) is 20.2 Å². The Morgan fingerprint density at radius 1 is 0.679 bits per heavy atom. The standard InChI is InChI=1S/C16H16B2O8S2/c1-11-3-7-13(8-4-11)27(21,22)25-15(17,19)16(18,20)26-28(23,24)14-9-5-12(2)6-10-14/h3-10,19-20H,1-2H3. The van der Waals surface area contributed by atoms with Crippen LogP contribution in [0.25, 0.3) is 0 Å². The number of rotatable bonds is 7. The van der Waals surface area contributed by atoms with Gasteiger partial charge in [0.05, 0.1) is 9.79 Å². The average Bonchev–Trinajstić information content (AvgIpc) is 2.53. The Morgan fingerprint density at radius 3 is 1.18 bits per heavy atom. The second-order valence-electron chi connectivity index (χ2n) is 6.09. The summed E-state index contributed by atoms with van der Waals surface area (Å²) < 4.78 is 57.7. The highest BCUT2D eigenvalue weighted by atomic mass is 32.2. The van der Waals surface area contributed by atoms with Crippen molar-refractivity contribution < 1.29 is 35.4 Å². The highest BCUT2D eigenvalue weighted by Crippen LogP contribution is 2.28. The summed E-state index contributed by atoms with van der Waals surface area (Å²) in [6, 6.07) is 10.4. The minimum atomic E-state index is -4.73. The summed E-state index contributed by atoms with van der Waals surface area (Å²) in [5.41, 5.74) is -5.81. The first-order valence-corrected chi connectivity index (χ1v) is 10.6. The number of benzene rings is 2. The second-order valence-corrected chi connectivity index (χ2v) is 9.19. The predicted molar refractivity (Wildman–Crippen MR) is 100 cm³/mol. The van der Waals surface area contributed by atoms with Gasteiger partial charge in [-0.05, 0) is 38.1 Å². The lowest BCUT2D eigenvalue weighted by Gasteiger charge is -2.37. The normalized spacial score (nSPS) is 16.9. The average molecular weight is 422 g/mol. The number of aryl methyl sites for hydroxylation is 2. The molecule has 0 fully saturated rings. The van der Waals surface area contributed by atoms with Gasteiger partial charge in [-0.2, -0.15) is 16.8 Å². The van der Waals surface area contributed by atoms with Crippen molar-refractivity contribution in [3.8, 4) is 0 Å². The maximum absolute atomic E-state index is 12.2. The lowest BCUT2D eigenvalue weighted by molar-refractivity contribution is -0.237. The van der Waals surface area contributed by atoms with E-state index in [1.807, 2.05) is 0 Å². The van der Waals surface area contributed by atoms with Gasteiger partial charge in [0.15, 0.2) is 27.1 Å². The van der Waals surface area contributed by atoms with Gasteiger partial charge in [-0.1, -0.05) is 35.4 Å². The Kier molecular flexibility index (Phi) is 6.15. The Morgan fingerprint density at radius 2 is 0.929 bits per heavy atom. The maximum Gasteiger partial charge on any atom is 0.299 e. The lowest BCUT2D eigenvalue weighted by Crippen LogP contribution is -2.60. The zero-order valence-corrected chi connectivity index (χ0v) is 16.6. The van der Waals surface area contributed by atoms with Gasteiger partial charge in [-0.15, -0.1) is 0 Å². The SMILES string of the molecule is [B]C(O)(OS(=O)(=O)c1ccc(C)cc1)C([B])(O)OS(=O)(=O)c1ccc(C)cc1. The molecule has 0 aliphatic rings. The smallest absolute Gasteiger partial charge is 0.299 e. The van der Waals surface area contributed by atoms with E-state index in [4.69, 9.17) is 15.7 Å². The van der Waals surface area contributed by atoms with Crippen molar-refractivity contribution >= 4 is 35.9 Å². The quantitative estimate of drug-likeness (QED) is 0.364. The highest BCUT2D eigenvalue weighted by molar-refractivity contribution is 7.87. The van der Waals surface area contributed by atoms with Crippen molar-refractivity contribution in [2.75, 3.05) is 0 Å². The van der Waals surface area contributed by atoms with E-state index in [9.17, 15) is 27.0 Å². The molecule has 0 spiro atoms. The molecular formula is C16H16B2O8S2. The van der Waals surface area contributed by atoms with Crippen LogP contribution < -0.4 is 0 Å². The van der Waals surface area contributed by atoms with Crippen LogP contribution in [0.15, 0.2) is 58.3 Å². The zero-order valence-electron chi connectivity index (χ0n) is 14.9. The van der Waals surface area contributed by atoms with Crippen LogP contribution in [0.1, 0.15) is 11.1 Å². The van der Waals surface area contributed by atoms with Crippen LogP contribution in [0.5, 0.6) is 0 Å². The number of hydrogen-bond donors (Lipinski definition) is 2. The van der Waals surface area contributed by atoms with Crippen molar-refractivity contribution in [1.29, 1.82) is 0 Å². The molecule has 0 saturated heterocycles. The van der Waals surface area contributed by atoms with E-state index in [1.165, 1.54) is 24.3 Å². The Hall–Kier alpha value is -1.69. The van der Waals surface area contributed by atoms with E-state index in [0.717, 1.165) is 35.4 Å². The summed E-state index contributed by atoms with van der Waals surface area (Å²) in [7, 11) is 1.03. The van der Waals surface area contributed by atoms with Crippen molar-refractivity contribution in [2.24, 2.45) is 0 Å². The molecular weight excluding hydrogens is 406 g/mol. The van der Waals surface area contributed by atoms with Gasteiger partial charge >= 0.3 is 0 Å². The minimum Gasteiger partial charge on any atom is -0.369 e. The van der Waals surface area contributed by atoms with E-state index in [1.54, 1.807) is 13.8 Å². The molecule has 0 amide bonds. The van der Waals surface area contributed by atoms with Crippen LogP contribution in [0.4, 0.5) is 0 Å². The number of aliphatic hydroxyl groups is 2. The summed E-state index contributed by atoms with van der Waals surface area (Å²) in [5.74, 6) is 0. The molecule has 0 aliphatic heterocycles. The predicted octanol–water partition coefficient (Wildman–Crippen LogP) is 0.0434. The summed E-state index contributed by atoms with van der Waals surface area (Å²) in [6.45, 7) is 3.41. The zero-order chi connectivity index (χ0) is 21.4. The molecule has 2 unspecified atom stereocenters. The van der Waals surface area contributed by atoms with Gasteiger partial charge in [0.2, 0.25) is 0 Å². The summed E-state index contributed by atoms with van der Waals surface area (Å²) in [5, 5.41) is 20.1. The van der Waals surface area contributed by atoms with Crippen molar-refractivity contribution in [1.82, 2.24) is 0 Å². The fourth-order valence-electron chi connectivity index (χ4n) is 1.96. The molecule has 146 valence electrons. The molecule has 2 rings (SSSR count). The lowest BCUT2D eigenvalue weighted by atomic mass is 9.75. The first-order valence-electron chi connectivity index (χ1n) is 7.73. The molecule has 0 aliphatic carbocycles. The third-order valence-corrected chi connectivity index (χ3v) is 6.25. The molecule has 0 aromatic heterocycles. The van der Waals surface area contributed by atoms with Gasteiger partial charge in [0, 0.05) is 0 Å². The fourth-order valence-corrected chi connectivity index (χ4v) is 4.00. The molecule has 0 heterocycles. The van der Waals surface area contributed by atoms with Crippen LogP contribution in [0.2, 0.25) is 0 Å². The monoisotopic (exact) mass is 422 g/mol. The topological polar surface area (TPSA) is 127 Å². The van der Waals surface area contributed by atoms with Gasteiger partial charge < -0.3 is 10.2 Å². The van der Waals surface area contributed by atoms with Crippen LogP contribution >= 0.6 is 0 Å². The maximum atomic E-state index is 12.2. The van der Waals surface area contributed by atoms with Gasteiger partial charge in [-0.3, -0.25) is 0 Å². The molecule has 28 heavy (non-hydrogen) atoms. The van der Waals surface area contributed by atoms with Crippen molar-refractivity contribution in [2.45, 2.75) is 35.0 Å². The second kappa shape index (κ2) is 7.62. The van der Waals surface area contributed by atoms with E-state index < -0.39 is 41.4 Å². The Bertz CT molecular complexity index is 957. The van der Waals surface area contributed by atoms with Gasteiger partial charge in [-0.25, -0.2) is 8.37 Å². The Labute approximate surface area is 166 Å². The largest absolute Gasteiger partial charge is 0.369 e. The molecule has 2 aromatic carbocycles. The molecule has 8 nitrogen and oxygen atoms in total. The first-order chi connectivity index (χ1) is 12.7.